The molecule has 1 saturated carbocycles. The standard InChI is InChI=1S/C18H20ClFN4O/c19-15-3-1-4-16(20)14(15)11-23(12-5-6-12)18(25)17-9-13-10-21-7-2-8-24(13)22-17/h1,3-4,9,12,21H,2,5-8,10-11H2. The van der Waals surface area contributed by atoms with Crippen LogP contribution in [0.2, 0.25) is 5.02 Å². The number of aryl methyl sites for hydroxylation is 1. The van der Waals surface area contributed by atoms with Crippen molar-refractivity contribution in [3.05, 3.63) is 52.1 Å². The lowest BCUT2D eigenvalue weighted by Gasteiger charge is -2.22. The van der Waals surface area contributed by atoms with E-state index in [-0.39, 0.29) is 24.3 Å². The lowest BCUT2D eigenvalue weighted by molar-refractivity contribution is 0.0721. The van der Waals surface area contributed by atoms with Crippen molar-refractivity contribution in [1.29, 1.82) is 0 Å². The maximum absolute atomic E-state index is 14.1. The van der Waals surface area contributed by atoms with Gasteiger partial charge in [-0.2, -0.15) is 5.10 Å². The summed E-state index contributed by atoms with van der Waals surface area (Å²) in [5.41, 5.74) is 1.81. The average Bonchev–Trinajstić information content (AvgIpc) is 3.39. The van der Waals surface area contributed by atoms with E-state index in [0.29, 0.717) is 22.8 Å². The first-order valence-electron chi connectivity index (χ1n) is 8.65. The van der Waals surface area contributed by atoms with Crippen LogP contribution >= 0.6 is 11.6 Å². The molecule has 2 aliphatic rings. The van der Waals surface area contributed by atoms with Crippen LogP contribution in [0, 0.1) is 5.82 Å². The predicted octanol–water partition coefficient (Wildman–Crippen LogP) is 2.97. The highest BCUT2D eigenvalue weighted by Gasteiger charge is 2.35. The van der Waals surface area contributed by atoms with Crippen molar-refractivity contribution in [2.24, 2.45) is 0 Å². The van der Waals surface area contributed by atoms with Gasteiger partial charge < -0.3 is 10.2 Å². The van der Waals surface area contributed by atoms with Crippen LogP contribution in [0.25, 0.3) is 0 Å². The van der Waals surface area contributed by atoms with Crippen molar-refractivity contribution in [1.82, 2.24) is 20.0 Å². The van der Waals surface area contributed by atoms with Gasteiger partial charge in [-0.1, -0.05) is 17.7 Å². The molecule has 0 spiro atoms. The van der Waals surface area contributed by atoms with Crippen LogP contribution in [0.3, 0.4) is 0 Å². The molecular weight excluding hydrogens is 343 g/mol. The molecule has 7 heteroatoms. The predicted molar refractivity (Wildman–Crippen MR) is 92.9 cm³/mol. The second-order valence-electron chi connectivity index (χ2n) is 6.64. The smallest absolute Gasteiger partial charge is 0.274 e. The summed E-state index contributed by atoms with van der Waals surface area (Å²) in [4.78, 5) is 14.7. The number of amides is 1. The van der Waals surface area contributed by atoms with E-state index in [1.54, 1.807) is 17.0 Å². The zero-order chi connectivity index (χ0) is 17.4. The summed E-state index contributed by atoms with van der Waals surface area (Å²) in [7, 11) is 0. The Balaban J connectivity index is 1.60. The molecule has 4 rings (SSSR count). The number of halogens is 2. The number of nitrogens with one attached hydrogen (secondary N) is 1. The molecule has 2 aromatic rings. The van der Waals surface area contributed by atoms with Crippen LogP contribution in [-0.2, 0) is 19.6 Å². The van der Waals surface area contributed by atoms with Crippen molar-refractivity contribution >= 4 is 17.5 Å². The number of carbonyl (C=O) groups is 1. The Morgan fingerprint density at radius 1 is 1.44 bits per heavy atom. The fourth-order valence-corrected chi connectivity index (χ4v) is 3.44. The third-order valence-corrected chi connectivity index (χ3v) is 5.10. The summed E-state index contributed by atoms with van der Waals surface area (Å²) < 4.78 is 16.0. The van der Waals surface area contributed by atoms with Gasteiger partial charge in [0.25, 0.3) is 5.91 Å². The second kappa shape index (κ2) is 6.77. The van der Waals surface area contributed by atoms with Crippen molar-refractivity contribution < 1.29 is 9.18 Å². The fraction of sp³-hybridized carbons (Fsp3) is 0.444. The molecular formula is C18H20ClFN4O. The van der Waals surface area contributed by atoms with Gasteiger partial charge in [0, 0.05) is 29.7 Å². The van der Waals surface area contributed by atoms with E-state index in [1.165, 1.54) is 6.07 Å². The quantitative estimate of drug-likeness (QED) is 0.909. The molecule has 1 amide bonds. The van der Waals surface area contributed by atoms with Crippen molar-refractivity contribution in [3.8, 4) is 0 Å². The van der Waals surface area contributed by atoms with Crippen LogP contribution < -0.4 is 5.32 Å². The first kappa shape index (κ1) is 16.5. The molecule has 132 valence electrons. The Bertz CT molecular complexity index is 759. The Kier molecular flexibility index (Phi) is 4.48. The Morgan fingerprint density at radius 3 is 3.04 bits per heavy atom. The highest BCUT2D eigenvalue weighted by atomic mass is 35.5. The van der Waals surface area contributed by atoms with E-state index in [9.17, 15) is 9.18 Å². The van der Waals surface area contributed by atoms with E-state index < -0.39 is 0 Å². The van der Waals surface area contributed by atoms with E-state index in [1.807, 2.05) is 10.7 Å². The van der Waals surface area contributed by atoms with Gasteiger partial charge in [-0.25, -0.2) is 4.39 Å². The van der Waals surface area contributed by atoms with Crippen LogP contribution in [0.5, 0.6) is 0 Å². The van der Waals surface area contributed by atoms with Gasteiger partial charge in [-0.15, -0.1) is 0 Å². The Morgan fingerprint density at radius 2 is 2.28 bits per heavy atom. The topological polar surface area (TPSA) is 50.2 Å². The number of rotatable bonds is 4. The molecule has 5 nitrogen and oxygen atoms in total. The molecule has 1 aromatic carbocycles. The Labute approximate surface area is 150 Å². The minimum absolute atomic E-state index is 0.141. The minimum atomic E-state index is -0.379. The second-order valence-corrected chi connectivity index (χ2v) is 7.05. The van der Waals surface area contributed by atoms with Crippen molar-refractivity contribution in [2.75, 3.05) is 6.54 Å². The van der Waals surface area contributed by atoms with Crippen molar-refractivity contribution in [3.63, 3.8) is 0 Å². The first-order valence-corrected chi connectivity index (χ1v) is 9.02. The van der Waals surface area contributed by atoms with Gasteiger partial charge in [-0.05, 0) is 44.0 Å². The summed E-state index contributed by atoms with van der Waals surface area (Å²) in [6.07, 6.45) is 2.86. The number of carbonyl (C=O) groups excluding carboxylic acids is 1. The van der Waals surface area contributed by atoms with Gasteiger partial charge in [0.2, 0.25) is 0 Å². The molecule has 0 radical (unpaired) electrons. The third-order valence-electron chi connectivity index (χ3n) is 4.75. The van der Waals surface area contributed by atoms with Gasteiger partial charge in [0.05, 0.1) is 12.2 Å². The molecule has 1 aromatic heterocycles. The van der Waals surface area contributed by atoms with Gasteiger partial charge >= 0.3 is 0 Å². The number of nitrogens with zero attached hydrogens (tertiary/aromatic N) is 3. The fourth-order valence-electron chi connectivity index (χ4n) is 3.22. The van der Waals surface area contributed by atoms with Gasteiger partial charge in [-0.3, -0.25) is 9.48 Å². The lowest BCUT2D eigenvalue weighted by Crippen LogP contribution is -2.33. The Hall–Kier alpha value is -1.92. The summed E-state index contributed by atoms with van der Waals surface area (Å²) in [5, 5.41) is 8.16. The molecule has 0 saturated heterocycles. The summed E-state index contributed by atoms with van der Waals surface area (Å²) in [5.74, 6) is -0.529. The third kappa shape index (κ3) is 3.41. The van der Waals surface area contributed by atoms with E-state index in [2.05, 4.69) is 10.4 Å². The zero-order valence-electron chi connectivity index (χ0n) is 13.8. The summed E-state index contributed by atoms with van der Waals surface area (Å²) in [6.45, 7) is 2.64. The van der Waals surface area contributed by atoms with Crippen LogP contribution in [0.4, 0.5) is 4.39 Å². The van der Waals surface area contributed by atoms with E-state index >= 15 is 0 Å². The van der Waals surface area contributed by atoms with E-state index in [4.69, 9.17) is 11.6 Å². The molecule has 0 bridgehead atoms. The van der Waals surface area contributed by atoms with Gasteiger partial charge in [0.1, 0.15) is 5.82 Å². The maximum Gasteiger partial charge on any atom is 0.274 e. The molecule has 0 unspecified atom stereocenters. The molecule has 0 atom stereocenters. The van der Waals surface area contributed by atoms with Crippen LogP contribution in [0.15, 0.2) is 24.3 Å². The molecule has 1 aliphatic heterocycles. The molecule has 1 aliphatic carbocycles. The largest absolute Gasteiger partial charge is 0.330 e. The normalized spacial score (nSPS) is 17.0. The highest BCUT2D eigenvalue weighted by Crippen LogP contribution is 2.32. The average molecular weight is 363 g/mol. The number of hydrogen-bond acceptors (Lipinski definition) is 3. The van der Waals surface area contributed by atoms with Crippen LogP contribution in [0.1, 0.15) is 41.0 Å². The van der Waals surface area contributed by atoms with Crippen molar-refractivity contribution in [2.45, 2.75) is 44.9 Å². The molecule has 2 heterocycles. The maximum atomic E-state index is 14.1. The first-order chi connectivity index (χ1) is 12.1. The van der Waals surface area contributed by atoms with E-state index in [0.717, 1.165) is 38.0 Å². The molecule has 1 N–H and O–H groups in total. The van der Waals surface area contributed by atoms with Crippen LogP contribution in [-0.4, -0.2) is 33.2 Å². The SMILES string of the molecule is O=C(c1cc2n(n1)CCCNC2)N(Cc1c(F)cccc1Cl)C1CC1. The monoisotopic (exact) mass is 362 g/mol. The van der Waals surface area contributed by atoms with Gasteiger partial charge in [0.15, 0.2) is 5.69 Å². The zero-order valence-corrected chi connectivity index (χ0v) is 14.6. The summed E-state index contributed by atoms with van der Waals surface area (Å²) in [6, 6.07) is 6.59. The highest BCUT2D eigenvalue weighted by molar-refractivity contribution is 6.31. The molecule has 1 fully saturated rings. The number of fused-ring (bicyclic) bond motifs is 1. The number of benzene rings is 1. The molecule has 25 heavy (non-hydrogen) atoms. The number of hydrogen-bond donors (Lipinski definition) is 1. The lowest BCUT2D eigenvalue weighted by atomic mass is 10.2. The minimum Gasteiger partial charge on any atom is -0.330 e. The number of aromatic nitrogens is 2. The summed E-state index contributed by atoms with van der Waals surface area (Å²) >= 11 is 6.14.